The molecular weight excluding hydrogens is 578 g/mol. The standard InChI is InChI=1S/C30H28ClN5O3S2/c1-30(2,3)19-6-11-22-25(16-19)40-28(26(22)27(37)35-21-9-7-20(31)8-10-21)34-17-18-5-12-24(23(15-18)36(38)39)41-29-32-13-4-14-33-29/h4-5,7-10,12-15,17,19H,6,11,16H2,1-3H3,(H,35,37)/t19-/m1/s1. The second kappa shape index (κ2) is 12.1. The summed E-state index contributed by atoms with van der Waals surface area (Å²) in [5, 5.41) is 16.5. The van der Waals surface area contributed by atoms with Crippen molar-refractivity contribution < 1.29 is 9.72 Å². The number of thiophene rings is 1. The molecule has 1 N–H and O–H groups in total. The molecule has 41 heavy (non-hydrogen) atoms. The summed E-state index contributed by atoms with van der Waals surface area (Å²) in [5.74, 6) is 0.269. The van der Waals surface area contributed by atoms with Crippen LogP contribution in [0.5, 0.6) is 0 Å². The van der Waals surface area contributed by atoms with Crippen molar-refractivity contribution in [1.29, 1.82) is 0 Å². The van der Waals surface area contributed by atoms with Crippen molar-refractivity contribution in [3.8, 4) is 0 Å². The van der Waals surface area contributed by atoms with Gasteiger partial charge in [-0.15, -0.1) is 11.3 Å². The van der Waals surface area contributed by atoms with Crippen molar-refractivity contribution >= 4 is 63.2 Å². The second-order valence-corrected chi connectivity index (χ2v) is 13.4. The number of fused-ring (bicyclic) bond motifs is 1. The fourth-order valence-electron chi connectivity index (χ4n) is 4.78. The fourth-order valence-corrected chi connectivity index (χ4v) is 6.97. The number of carbonyl (C=O) groups excluding carboxylic acids is 1. The van der Waals surface area contributed by atoms with Crippen molar-refractivity contribution in [1.82, 2.24) is 9.97 Å². The molecule has 1 atom stereocenters. The Morgan fingerprint density at radius 3 is 2.61 bits per heavy atom. The SMILES string of the molecule is CC(C)(C)[C@@H]1CCc2c(sc(N=Cc3ccc(Sc4ncccn4)c([N+](=O)[O-])c3)c2C(=O)Nc2ccc(Cl)cc2)C1. The molecule has 8 nitrogen and oxygen atoms in total. The van der Waals surface area contributed by atoms with Crippen LogP contribution in [0.25, 0.3) is 0 Å². The first-order valence-corrected chi connectivity index (χ1v) is 15.1. The van der Waals surface area contributed by atoms with Gasteiger partial charge < -0.3 is 5.32 Å². The number of rotatable bonds is 7. The molecule has 0 bridgehead atoms. The highest BCUT2D eigenvalue weighted by Crippen LogP contribution is 2.45. The summed E-state index contributed by atoms with van der Waals surface area (Å²) in [6.07, 6.45) is 7.44. The van der Waals surface area contributed by atoms with Crippen LogP contribution < -0.4 is 5.32 Å². The van der Waals surface area contributed by atoms with Gasteiger partial charge >= 0.3 is 0 Å². The Labute approximate surface area is 251 Å². The highest BCUT2D eigenvalue weighted by atomic mass is 35.5. The third-order valence-corrected chi connectivity index (χ3v) is 9.43. The van der Waals surface area contributed by atoms with E-state index in [-0.39, 0.29) is 17.0 Å². The van der Waals surface area contributed by atoms with E-state index >= 15 is 0 Å². The van der Waals surface area contributed by atoms with Crippen LogP contribution in [-0.2, 0) is 12.8 Å². The summed E-state index contributed by atoms with van der Waals surface area (Å²) in [4.78, 5) is 39.6. The van der Waals surface area contributed by atoms with Gasteiger partial charge in [0.1, 0.15) is 5.00 Å². The van der Waals surface area contributed by atoms with E-state index in [1.807, 2.05) is 0 Å². The molecule has 1 aliphatic carbocycles. The van der Waals surface area contributed by atoms with Crippen LogP contribution in [0.4, 0.5) is 16.4 Å². The highest BCUT2D eigenvalue weighted by molar-refractivity contribution is 7.99. The number of anilines is 1. The number of carbonyl (C=O) groups is 1. The first-order chi connectivity index (χ1) is 19.6. The molecule has 1 aliphatic rings. The first-order valence-electron chi connectivity index (χ1n) is 13.1. The summed E-state index contributed by atoms with van der Waals surface area (Å²) in [6, 6.07) is 13.6. The average molecular weight is 606 g/mol. The van der Waals surface area contributed by atoms with Gasteiger partial charge in [0.25, 0.3) is 11.6 Å². The van der Waals surface area contributed by atoms with Crippen molar-refractivity contribution in [3.05, 3.63) is 97.6 Å². The number of hydrogen-bond acceptors (Lipinski definition) is 8. The minimum absolute atomic E-state index is 0.0643. The van der Waals surface area contributed by atoms with Gasteiger partial charge in [-0.05, 0) is 89.9 Å². The molecule has 2 heterocycles. The lowest BCUT2D eigenvalue weighted by Gasteiger charge is -2.33. The minimum atomic E-state index is -0.426. The van der Waals surface area contributed by atoms with Gasteiger partial charge in [0.2, 0.25) is 0 Å². The Morgan fingerprint density at radius 1 is 1.20 bits per heavy atom. The Kier molecular flexibility index (Phi) is 8.53. The number of nitrogens with zero attached hydrogens (tertiary/aromatic N) is 4. The zero-order valence-electron chi connectivity index (χ0n) is 22.8. The maximum absolute atomic E-state index is 13.6. The number of hydrogen-bond donors (Lipinski definition) is 1. The molecule has 1 amide bonds. The zero-order valence-corrected chi connectivity index (χ0v) is 25.1. The number of nitro benzene ring substituents is 1. The minimum Gasteiger partial charge on any atom is -0.322 e. The quantitative estimate of drug-likeness (QED) is 0.0980. The lowest BCUT2D eigenvalue weighted by molar-refractivity contribution is -0.387. The van der Waals surface area contributed by atoms with E-state index in [2.05, 4.69) is 36.1 Å². The lowest BCUT2D eigenvalue weighted by Crippen LogP contribution is -2.27. The molecular formula is C30H28ClN5O3S2. The van der Waals surface area contributed by atoms with E-state index in [0.29, 0.717) is 42.8 Å². The Bertz CT molecular complexity index is 1620. The highest BCUT2D eigenvalue weighted by Gasteiger charge is 2.33. The van der Waals surface area contributed by atoms with E-state index in [0.717, 1.165) is 36.6 Å². The van der Waals surface area contributed by atoms with Gasteiger partial charge in [-0.2, -0.15) is 0 Å². The van der Waals surface area contributed by atoms with Crippen molar-refractivity contribution in [2.45, 2.75) is 50.1 Å². The van der Waals surface area contributed by atoms with Crippen molar-refractivity contribution in [3.63, 3.8) is 0 Å². The van der Waals surface area contributed by atoms with Gasteiger partial charge in [-0.3, -0.25) is 14.9 Å². The Balaban J connectivity index is 1.48. The van der Waals surface area contributed by atoms with Gasteiger partial charge in [-0.1, -0.05) is 38.4 Å². The maximum atomic E-state index is 13.6. The Morgan fingerprint density at radius 2 is 1.93 bits per heavy atom. The Hall–Kier alpha value is -3.60. The van der Waals surface area contributed by atoms with Crippen molar-refractivity contribution in [2.24, 2.45) is 16.3 Å². The number of nitro groups is 1. The molecule has 0 spiro atoms. The first kappa shape index (κ1) is 28.9. The van der Waals surface area contributed by atoms with Gasteiger partial charge in [-0.25, -0.2) is 15.0 Å². The topological polar surface area (TPSA) is 110 Å². The maximum Gasteiger partial charge on any atom is 0.283 e. The van der Waals surface area contributed by atoms with E-state index in [9.17, 15) is 14.9 Å². The lowest BCUT2D eigenvalue weighted by atomic mass is 9.72. The molecule has 5 rings (SSSR count). The number of halogens is 1. The van der Waals surface area contributed by atoms with E-state index in [1.54, 1.807) is 61.1 Å². The largest absolute Gasteiger partial charge is 0.322 e. The van der Waals surface area contributed by atoms with Crippen molar-refractivity contribution in [2.75, 3.05) is 5.32 Å². The normalized spacial score (nSPS) is 15.1. The van der Waals surface area contributed by atoms with E-state index < -0.39 is 4.92 Å². The van der Waals surface area contributed by atoms with E-state index in [4.69, 9.17) is 16.6 Å². The number of benzene rings is 2. The van der Waals surface area contributed by atoms with Crippen LogP contribution >= 0.6 is 34.7 Å². The van der Waals surface area contributed by atoms with Crippen LogP contribution in [0.3, 0.4) is 0 Å². The molecule has 2 aromatic carbocycles. The molecule has 0 unspecified atom stereocenters. The monoisotopic (exact) mass is 605 g/mol. The summed E-state index contributed by atoms with van der Waals surface area (Å²) < 4.78 is 0. The smallest absolute Gasteiger partial charge is 0.283 e. The summed E-state index contributed by atoms with van der Waals surface area (Å²) in [7, 11) is 0. The van der Waals surface area contributed by atoms with Gasteiger partial charge in [0.05, 0.1) is 15.4 Å². The second-order valence-electron chi connectivity index (χ2n) is 10.8. The summed E-state index contributed by atoms with van der Waals surface area (Å²) >= 11 is 8.67. The summed E-state index contributed by atoms with van der Waals surface area (Å²) in [5.41, 5.74) is 2.88. The molecule has 0 saturated carbocycles. The molecule has 210 valence electrons. The third-order valence-electron chi connectivity index (χ3n) is 7.05. The van der Waals surface area contributed by atoms with Crippen LogP contribution in [-0.4, -0.2) is 27.0 Å². The fraction of sp³-hybridized carbons (Fsp3) is 0.267. The predicted octanol–water partition coefficient (Wildman–Crippen LogP) is 8.40. The molecule has 0 aliphatic heterocycles. The number of aliphatic imine (C=N–C) groups is 1. The summed E-state index contributed by atoms with van der Waals surface area (Å²) in [6.45, 7) is 6.76. The molecule has 11 heteroatoms. The van der Waals surface area contributed by atoms with Crippen LogP contribution in [0.15, 0.2) is 76.0 Å². The zero-order chi connectivity index (χ0) is 29.1. The third kappa shape index (κ3) is 6.83. The number of aromatic nitrogens is 2. The predicted molar refractivity (Wildman–Crippen MR) is 165 cm³/mol. The van der Waals surface area contributed by atoms with Crippen LogP contribution in [0.2, 0.25) is 5.02 Å². The van der Waals surface area contributed by atoms with Gasteiger partial charge in [0.15, 0.2) is 5.16 Å². The molecule has 0 fully saturated rings. The molecule has 2 aromatic heterocycles. The molecule has 4 aromatic rings. The molecule has 0 radical (unpaired) electrons. The van der Waals surface area contributed by atoms with Gasteiger partial charge in [0, 0.05) is 40.3 Å². The van der Waals surface area contributed by atoms with Crippen LogP contribution in [0.1, 0.15) is 53.6 Å². The number of amides is 1. The average Bonchev–Trinajstić information content (AvgIpc) is 3.31. The molecule has 0 saturated heterocycles. The number of nitrogens with one attached hydrogen (secondary N) is 1. The van der Waals surface area contributed by atoms with Crippen LogP contribution in [0, 0.1) is 21.4 Å². The van der Waals surface area contributed by atoms with E-state index in [1.165, 1.54) is 22.3 Å².